The van der Waals surface area contributed by atoms with Crippen LogP contribution < -0.4 is 10.6 Å². The largest absolute Gasteiger partial charge is 0.416 e. The molecule has 1 fully saturated rings. The van der Waals surface area contributed by atoms with E-state index in [4.69, 9.17) is 0 Å². The summed E-state index contributed by atoms with van der Waals surface area (Å²) in [5.74, 6) is -1.40. The van der Waals surface area contributed by atoms with Gasteiger partial charge in [-0.2, -0.15) is 13.2 Å². The lowest BCUT2D eigenvalue weighted by atomic mass is 9.90. The fraction of sp³-hybridized carbons (Fsp3) is 0.286. The number of amides is 4. The smallest absolute Gasteiger partial charge is 0.324 e. The first-order valence-corrected chi connectivity index (χ1v) is 9.11. The zero-order chi connectivity index (χ0) is 22.3. The number of carbonyl (C=O) groups excluding carboxylic acids is 3. The lowest BCUT2D eigenvalue weighted by molar-refractivity contribution is -0.138. The SMILES string of the molecule is Cc1ccc(C)c(NC(=O)CN2C(=O)NC(C)(c3cccc(C(F)(F)F)c3)C2=O)c1. The summed E-state index contributed by atoms with van der Waals surface area (Å²) < 4.78 is 39.1. The Morgan fingerprint density at radius 2 is 1.83 bits per heavy atom. The van der Waals surface area contributed by atoms with Crippen molar-refractivity contribution >= 4 is 23.5 Å². The van der Waals surface area contributed by atoms with Crippen LogP contribution in [0.1, 0.15) is 29.2 Å². The highest BCUT2D eigenvalue weighted by Gasteiger charge is 2.50. The van der Waals surface area contributed by atoms with Gasteiger partial charge < -0.3 is 10.6 Å². The van der Waals surface area contributed by atoms with E-state index in [2.05, 4.69) is 10.6 Å². The van der Waals surface area contributed by atoms with Gasteiger partial charge in [-0.1, -0.05) is 24.3 Å². The number of carbonyl (C=O) groups is 3. The zero-order valence-electron chi connectivity index (χ0n) is 16.6. The van der Waals surface area contributed by atoms with Crippen LogP contribution in [0.15, 0.2) is 42.5 Å². The molecule has 1 aliphatic rings. The molecule has 30 heavy (non-hydrogen) atoms. The van der Waals surface area contributed by atoms with Gasteiger partial charge >= 0.3 is 12.2 Å². The molecule has 4 amide bonds. The molecule has 2 aromatic rings. The molecule has 3 rings (SSSR count). The fourth-order valence-electron chi connectivity index (χ4n) is 3.25. The van der Waals surface area contributed by atoms with E-state index in [9.17, 15) is 27.6 Å². The molecule has 1 unspecified atom stereocenters. The summed E-state index contributed by atoms with van der Waals surface area (Å²) in [6.45, 7) is 4.40. The van der Waals surface area contributed by atoms with Crippen LogP contribution in [0.25, 0.3) is 0 Å². The van der Waals surface area contributed by atoms with Gasteiger partial charge in [0.25, 0.3) is 5.91 Å². The summed E-state index contributed by atoms with van der Waals surface area (Å²) in [5, 5.41) is 5.06. The molecule has 1 saturated heterocycles. The lowest BCUT2D eigenvalue weighted by Gasteiger charge is -2.23. The summed E-state index contributed by atoms with van der Waals surface area (Å²) in [6.07, 6.45) is -4.59. The summed E-state index contributed by atoms with van der Waals surface area (Å²) in [4.78, 5) is 38.4. The average molecular weight is 419 g/mol. The number of nitrogens with one attached hydrogen (secondary N) is 2. The number of aryl methyl sites for hydroxylation is 2. The monoisotopic (exact) mass is 419 g/mol. The molecular weight excluding hydrogens is 399 g/mol. The van der Waals surface area contributed by atoms with Crippen molar-refractivity contribution in [1.29, 1.82) is 0 Å². The second-order valence-corrected chi connectivity index (χ2v) is 7.39. The van der Waals surface area contributed by atoms with E-state index < -0.39 is 41.7 Å². The van der Waals surface area contributed by atoms with E-state index in [-0.39, 0.29) is 5.56 Å². The highest BCUT2D eigenvalue weighted by molar-refractivity contribution is 6.10. The maximum absolute atomic E-state index is 13.0. The van der Waals surface area contributed by atoms with Gasteiger partial charge in [-0.3, -0.25) is 14.5 Å². The van der Waals surface area contributed by atoms with Crippen molar-refractivity contribution in [2.75, 3.05) is 11.9 Å². The average Bonchev–Trinajstić information content (AvgIpc) is 2.88. The van der Waals surface area contributed by atoms with E-state index in [0.717, 1.165) is 23.3 Å². The van der Waals surface area contributed by atoms with Crippen molar-refractivity contribution in [2.24, 2.45) is 0 Å². The predicted molar refractivity (Wildman–Crippen MR) is 104 cm³/mol. The molecule has 1 atom stereocenters. The molecule has 1 aliphatic heterocycles. The normalized spacial score (nSPS) is 19.1. The van der Waals surface area contributed by atoms with Gasteiger partial charge in [0.05, 0.1) is 5.56 Å². The van der Waals surface area contributed by atoms with E-state index in [1.807, 2.05) is 19.1 Å². The third-order valence-electron chi connectivity index (χ3n) is 5.01. The summed E-state index contributed by atoms with van der Waals surface area (Å²) in [5.41, 5.74) is -0.393. The fourth-order valence-corrected chi connectivity index (χ4v) is 3.25. The van der Waals surface area contributed by atoms with E-state index >= 15 is 0 Å². The number of imide groups is 1. The van der Waals surface area contributed by atoms with Crippen LogP contribution in [-0.4, -0.2) is 29.3 Å². The van der Waals surface area contributed by atoms with Gasteiger partial charge in [-0.25, -0.2) is 4.79 Å². The van der Waals surface area contributed by atoms with Crippen LogP contribution >= 0.6 is 0 Å². The molecular formula is C21H20F3N3O3. The molecule has 0 saturated carbocycles. The molecule has 158 valence electrons. The third-order valence-corrected chi connectivity index (χ3v) is 5.01. The van der Waals surface area contributed by atoms with Gasteiger partial charge in [0.15, 0.2) is 0 Å². The highest BCUT2D eigenvalue weighted by Crippen LogP contribution is 2.34. The topological polar surface area (TPSA) is 78.5 Å². The first-order chi connectivity index (χ1) is 13.9. The van der Waals surface area contributed by atoms with Gasteiger partial charge in [-0.15, -0.1) is 0 Å². The van der Waals surface area contributed by atoms with E-state index in [1.165, 1.54) is 19.1 Å². The zero-order valence-corrected chi connectivity index (χ0v) is 16.6. The van der Waals surface area contributed by atoms with Crippen LogP contribution in [0.3, 0.4) is 0 Å². The maximum atomic E-state index is 13.0. The minimum absolute atomic E-state index is 0.0203. The predicted octanol–water partition coefficient (Wildman–Crippen LogP) is 3.73. The number of alkyl halides is 3. The molecule has 2 N–H and O–H groups in total. The highest BCUT2D eigenvalue weighted by atomic mass is 19.4. The Hall–Kier alpha value is -3.36. The number of benzene rings is 2. The molecule has 6 nitrogen and oxygen atoms in total. The quantitative estimate of drug-likeness (QED) is 0.742. The molecule has 0 aromatic heterocycles. The summed E-state index contributed by atoms with van der Waals surface area (Å²) >= 11 is 0. The standard InChI is InChI=1S/C21H20F3N3O3/c1-12-7-8-13(2)16(9-12)25-17(28)11-27-18(29)20(3,26-19(27)30)14-5-4-6-15(10-14)21(22,23)24/h4-10H,11H2,1-3H3,(H,25,28)(H,26,30). The Bertz CT molecular complexity index is 1040. The molecule has 0 spiro atoms. The van der Waals surface area contributed by atoms with Gasteiger partial charge in [-0.05, 0) is 55.7 Å². The number of hydrogen-bond acceptors (Lipinski definition) is 3. The van der Waals surface area contributed by atoms with Crippen LogP contribution in [0.2, 0.25) is 0 Å². The van der Waals surface area contributed by atoms with Crippen LogP contribution in [0.4, 0.5) is 23.7 Å². The Labute approximate surface area is 171 Å². The molecule has 9 heteroatoms. The summed E-state index contributed by atoms with van der Waals surface area (Å²) in [6, 6.07) is 8.79. The van der Waals surface area contributed by atoms with Crippen molar-refractivity contribution in [1.82, 2.24) is 10.2 Å². The molecule has 0 bridgehead atoms. The van der Waals surface area contributed by atoms with Gasteiger partial charge in [0.1, 0.15) is 12.1 Å². The number of anilines is 1. The number of urea groups is 1. The third kappa shape index (κ3) is 4.00. The number of nitrogens with zero attached hydrogens (tertiary/aromatic N) is 1. The van der Waals surface area contributed by atoms with Crippen molar-refractivity contribution in [3.8, 4) is 0 Å². The Balaban J connectivity index is 1.81. The molecule has 0 radical (unpaired) electrons. The van der Waals surface area contributed by atoms with Crippen LogP contribution in [0.5, 0.6) is 0 Å². The number of rotatable bonds is 4. The molecule has 2 aromatic carbocycles. The number of halogens is 3. The van der Waals surface area contributed by atoms with Crippen LogP contribution in [0, 0.1) is 13.8 Å². The molecule has 1 heterocycles. The minimum Gasteiger partial charge on any atom is -0.324 e. The summed E-state index contributed by atoms with van der Waals surface area (Å²) in [7, 11) is 0. The first-order valence-electron chi connectivity index (χ1n) is 9.11. The van der Waals surface area contributed by atoms with Crippen molar-refractivity contribution in [3.05, 3.63) is 64.7 Å². The van der Waals surface area contributed by atoms with E-state index in [0.29, 0.717) is 10.6 Å². The first kappa shape index (κ1) is 21.4. The van der Waals surface area contributed by atoms with E-state index in [1.54, 1.807) is 13.0 Å². The minimum atomic E-state index is -4.59. The van der Waals surface area contributed by atoms with Crippen molar-refractivity contribution in [3.63, 3.8) is 0 Å². The van der Waals surface area contributed by atoms with Crippen molar-refractivity contribution in [2.45, 2.75) is 32.5 Å². The van der Waals surface area contributed by atoms with Gasteiger partial charge in [0.2, 0.25) is 5.91 Å². The second-order valence-electron chi connectivity index (χ2n) is 7.39. The number of hydrogen-bond donors (Lipinski definition) is 2. The molecule has 0 aliphatic carbocycles. The maximum Gasteiger partial charge on any atom is 0.416 e. The second kappa shape index (κ2) is 7.47. The Morgan fingerprint density at radius 3 is 2.50 bits per heavy atom. The van der Waals surface area contributed by atoms with Crippen LogP contribution in [-0.2, 0) is 21.3 Å². The van der Waals surface area contributed by atoms with Gasteiger partial charge in [0, 0.05) is 5.69 Å². The van der Waals surface area contributed by atoms with Crippen molar-refractivity contribution < 1.29 is 27.6 Å². The Morgan fingerprint density at radius 1 is 1.13 bits per heavy atom. The Kier molecular flexibility index (Phi) is 5.32. The lowest BCUT2D eigenvalue weighted by Crippen LogP contribution is -2.42.